The van der Waals surface area contributed by atoms with Gasteiger partial charge < -0.3 is 9.74 Å². The van der Waals surface area contributed by atoms with E-state index in [1.807, 2.05) is 45.2 Å². The predicted molar refractivity (Wildman–Crippen MR) is 165 cm³/mol. The molecule has 0 aliphatic carbocycles. The lowest BCUT2D eigenvalue weighted by atomic mass is 10.2. The van der Waals surface area contributed by atoms with E-state index in [2.05, 4.69) is 42.0 Å². The molecule has 0 atom stereocenters. The lowest BCUT2D eigenvalue weighted by Gasteiger charge is -2.36. The molecule has 0 spiro atoms. The molecule has 0 bridgehead atoms. The normalized spacial score (nSPS) is 12.4. The Balaban J connectivity index is 2.13. The van der Waals surface area contributed by atoms with Crippen LogP contribution in [-0.2, 0) is 6.54 Å². The van der Waals surface area contributed by atoms with Gasteiger partial charge in [-0.05, 0) is 96.0 Å². The molecule has 204 valence electrons. The summed E-state index contributed by atoms with van der Waals surface area (Å²) in [7, 11) is -2.49. The van der Waals surface area contributed by atoms with Crippen molar-refractivity contribution < 1.29 is 9.22 Å². The van der Waals surface area contributed by atoms with Gasteiger partial charge in [0.2, 0.25) is 5.75 Å². The minimum atomic E-state index is -2.49. The third kappa shape index (κ3) is 7.38. The lowest BCUT2D eigenvalue weighted by Crippen LogP contribution is -2.46. The highest BCUT2D eigenvalue weighted by Crippen LogP contribution is 2.37. The molecule has 2 heterocycles. The molecule has 0 saturated carbocycles. The number of nitrogens with one attached hydrogen (secondary N) is 1. The van der Waals surface area contributed by atoms with Gasteiger partial charge in [-0.1, -0.05) is 44.0 Å². The van der Waals surface area contributed by atoms with Crippen LogP contribution in [0.4, 0.5) is 0 Å². The molecule has 1 aromatic carbocycles. The number of carbonyl (C=O) groups is 1. The molecule has 1 N–H and O–H groups in total. The van der Waals surface area contributed by atoms with Crippen molar-refractivity contribution in [1.82, 2.24) is 14.9 Å². The smallest absolute Gasteiger partial charge is 0.295 e. The van der Waals surface area contributed by atoms with Crippen molar-refractivity contribution in [1.29, 1.82) is 0 Å². The topological polar surface area (TPSA) is 73.2 Å². The summed E-state index contributed by atoms with van der Waals surface area (Å²) in [5.41, 5.74) is 0.293. The van der Waals surface area contributed by atoms with Gasteiger partial charge in [0.15, 0.2) is 5.69 Å². The van der Waals surface area contributed by atoms with Gasteiger partial charge in [-0.15, -0.1) is 11.3 Å². The highest BCUT2D eigenvalue weighted by atomic mass is 79.9. The third-order valence-corrected chi connectivity index (χ3v) is 12.7. The minimum absolute atomic E-state index is 0.0251. The minimum Gasteiger partial charge on any atom is -0.538 e. The lowest BCUT2D eigenvalue weighted by molar-refractivity contribution is 0.0942. The second-order valence-corrected chi connectivity index (χ2v) is 18.8. The molecular weight excluding hydrogens is 625 g/mol. The summed E-state index contributed by atoms with van der Waals surface area (Å²) in [5.74, 6) is -0.174. The molecule has 11 heteroatoms. The molecule has 38 heavy (non-hydrogen) atoms. The van der Waals surface area contributed by atoms with Crippen LogP contribution in [0.15, 0.2) is 38.9 Å². The molecule has 2 aromatic heterocycles. The number of aromatic nitrogens is 2. The zero-order chi connectivity index (χ0) is 28.4. The molecule has 0 fully saturated rings. The second kappa shape index (κ2) is 12.1. The van der Waals surface area contributed by atoms with Gasteiger partial charge >= 0.3 is 0 Å². The number of halogens is 3. The van der Waals surface area contributed by atoms with Crippen LogP contribution in [-0.4, -0.2) is 23.8 Å². The zero-order valence-corrected chi connectivity index (χ0v) is 27.4. The summed E-state index contributed by atoms with van der Waals surface area (Å²) in [6.07, 6.45) is 3.63. The second-order valence-electron chi connectivity index (χ2n) is 10.7. The molecule has 0 aliphatic heterocycles. The maximum atomic E-state index is 13.9. The first kappa shape index (κ1) is 30.6. The summed E-state index contributed by atoms with van der Waals surface area (Å²) in [5, 5.41) is 3.59. The van der Waals surface area contributed by atoms with Crippen LogP contribution in [0, 0.1) is 0 Å². The molecule has 6 nitrogen and oxygen atoms in total. The van der Waals surface area contributed by atoms with Gasteiger partial charge in [0.25, 0.3) is 19.8 Å². The SMILES string of the molecule is CC(C)n1c(/C=C/c2ccc(Br)s2)nc(C(=O)NCc2cc(Cl)cc(Cl)c2)c(O[Si](C)(C)C(C)(C)C)c1=O. The van der Waals surface area contributed by atoms with Crippen LogP contribution in [0.1, 0.15) is 67.4 Å². The first-order valence-electron chi connectivity index (χ1n) is 12.1. The Bertz CT molecular complexity index is 1410. The Morgan fingerprint density at radius 3 is 2.34 bits per heavy atom. The number of hydrogen-bond acceptors (Lipinski definition) is 5. The largest absolute Gasteiger partial charge is 0.538 e. The van der Waals surface area contributed by atoms with Crippen molar-refractivity contribution in [3.8, 4) is 5.75 Å². The Kier molecular flexibility index (Phi) is 9.74. The van der Waals surface area contributed by atoms with Crippen LogP contribution in [0.3, 0.4) is 0 Å². The summed E-state index contributed by atoms with van der Waals surface area (Å²) >= 11 is 17.3. The van der Waals surface area contributed by atoms with Gasteiger partial charge in [0, 0.05) is 27.5 Å². The van der Waals surface area contributed by atoms with Crippen LogP contribution in [0.5, 0.6) is 5.75 Å². The molecule has 0 saturated heterocycles. The van der Waals surface area contributed by atoms with E-state index in [4.69, 9.17) is 32.6 Å². The van der Waals surface area contributed by atoms with E-state index in [0.29, 0.717) is 15.9 Å². The summed E-state index contributed by atoms with van der Waals surface area (Å²) < 4.78 is 9.02. The number of benzene rings is 1. The number of hydrogen-bond donors (Lipinski definition) is 1. The van der Waals surface area contributed by atoms with E-state index < -0.39 is 14.2 Å². The van der Waals surface area contributed by atoms with Crippen molar-refractivity contribution in [2.45, 2.75) is 65.3 Å². The Hall–Kier alpha value is -1.91. The molecular formula is C27H32BrCl2N3O3SSi. The average Bonchev–Trinajstić information content (AvgIpc) is 3.20. The van der Waals surface area contributed by atoms with Crippen molar-refractivity contribution in [3.63, 3.8) is 0 Å². The first-order valence-corrected chi connectivity index (χ1v) is 17.4. The average molecular weight is 658 g/mol. The fourth-order valence-electron chi connectivity index (χ4n) is 3.36. The predicted octanol–water partition coefficient (Wildman–Crippen LogP) is 8.44. The van der Waals surface area contributed by atoms with Crippen molar-refractivity contribution in [2.24, 2.45) is 0 Å². The van der Waals surface area contributed by atoms with Gasteiger partial charge in [-0.3, -0.25) is 14.2 Å². The number of rotatable bonds is 8. The molecule has 0 unspecified atom stereocenters. The van der Waals surface area contributed by atoms with Crippen molar-refractivity contribution in [2.75, 3.05) is 0 Å². The van der Waals surface area contributed by atoms with Crippen LogP contribution in [0.2, 0.25) is 28.2 Å². The molecule has 0 radical (unpaired) electrons. The highest BCUT2D eigenvalue weighted by molar-refractivity contribution is 9.11. The number of carbonyl (C=O) groups excluding carboxylic acids is 1. The van der Waals surface area contributed by atoms with Gasteiger partial charge in [-0.2, -0.15) is 0 Å². The molecule has 3 aromatic rings. The summed E-state index contributed by atoms with van der Waals surface area (Å²) in [4.78, 5) is 33.1. The van der Waals surface area contributed by atoms with E-state index >= 15 is 0 Å². The highest BCUT2D eigenvalue weighted by Gasteiger charge is 2.41. The zero-order valence-electron chi connectivity index (χ0n) is 22.5. The van der Waals surface area contributed by atoms with Crippen LogP contribution in [0.25, 0.3) is 12.2 Å². The fraction of sp³-hybridized carbons (Fsp3) is 0.370. The van der Waals surface area contributed by atoms with E-state index in [1.54, 1.807) is 40.2 Å². The van der Waals surface area contributed by atoms with E-state index in [0.717, 1.165) is 14.2 Å². The van der Waals surface area contributed by atoms with Crippen LogP contribution < -0.4 is 15.3 Å². The van der Waals surface area contributed by atoms with Gasteiger partial charge in [0.1, 0.15) is 5.82 Å². The quantitative estimate of drug-likeness (QED) is 0.247. The Morgan fingerprint density at radius 2 is 1.82 bits per heavy atom. The fourth-order valence-corrected chi connectivity index (χ4v) is 6.26. The van der Waals surface area contributed by atoms with E-state index in [-0.39, 0.29) is 34.6 Å². The maximum Gasteiger partial charge on any atom is 0.295 e. The standard InChI is InChI=1S/C27H32BrCl2N3O3SSi/c1-16(2)33-22(11-9-20-8-10-21(28)37-20)32-23(24(26(33)35)36-38(6,7)27(3,4)5)25(34)31-15-17-12-18(29)14-19(30)13-17/h8-14,16H,15H2,1-7H3,(H,31,34)/b11-9+. The van der Waals surface area contributed by atoms with E-state index in [9.17, 15) is 9.59 Å². The molecule has 1 amide bonds. The van der Waals surface area contributed by atoms with Gasteiger partial charge in [-0.25, -0.2) is 4.98 Å². The molecule has 3 rings (SSSR count). The monoisotopic (exact) mass is 655 g/mol. The molecule has 0 aliphatic rings. The Morgan fingerprint density at radius 1 is 1.18 bits per heavy atom. The first-order chi connectivity index (χ1) is 17.6. The van der Waals surface area contributed by atoms with Crippen molar-refractivity contribution >= 4 is 76.8 Å². The van der Waals surface area contributed by atoms with Gasteiger partial charge in [0.05, 0.1) is 3.79 Å². The summed E-state index contributed by atoms with van der Waals surface area (Å²) in [6.45, 7) is 14.3. The van der Waals surface area contributed by atoms with E-state index in [1.165, 1.54) is 0 Å². The Labute approximate surface area is 247 Å². The number of nitrogens with zero attached hydrogens (tertiary/aromatic N) is 2. The number of amides is 1. The van der Waals surface area contributed by atoms with Crippen molar-refractivity contribution in [3.05, 3.63) is 76.5 Å². The maximum absolute atomic E-state index is 13.9. The number of thiophene rings is 1. The summed E-state index contributed by atoms with van der Waals surface area (Å²) in [6, 6.07) is 8.76. The van der Waals surface area contributed by atoms with Crippen LogP contribution >= 0.6 is 50.5 Å². The third-order valence-electron chi connectivity index (χ3n) is 6.36.